The number of aliphatic imine (C=N–C) groups is 1. The summed E-state index contributed by atoms with van der Waals surface area (Å²) < 4.78 is 0. The van der Waals surface area contributed by atoms with Gasteiger partial charge in [-0.05, 0) is 24.0 Å². The van der Waals surface area contributed by atoms with E-state index in [0.29, 0.717) is 6.54 Å². The molecule has 1 amide bonds. The predicted molar refractivity (Wildman–Crippen MR) is 94.0 cm³/mol. The van der Waals surface area contributed by atoms with Gasteiger partial charge in [0.2, 0.25) is 0 Å². The Hall–Kier alpha value is -2.40. The SMILES string of the molecule is C=CC=N/C(=C\N)C(=O)NCCCN1CCc2ccccc2C1. The molecule has 3 N–H and O–H groups in total. The van der Waals surface area contributed by atoms with Crippen LogP contribution in [0.25, 0.3) is 0 Å². The molecule has 0 saturated heterocycles. The van der Waals surface area contributed by atoms with Crippen molar-refractivity contribution in [1.82, 2.24) is 10.2 Å². The Morgan fingerprint density at radius 2 is 2.17 bits per heavy atom. The lowest BCUT2D eigenvalue weighted by Gasteiger charge is -2.28. The Bertz CT molecular complexity index is 607. The molecule has 1 aliphatic heterocycles. The second-order valence-corrected chi connectivity index (χ2v) is 5.47. The lowest BCUT2D eigenvalue weighted by molar-refractivity contribution is -0.117. The van der Waals surface area contributed by atoms with Gasteiger partial charge in [0.1, 0.15) is 5.70 Å². The summed E-state index contributed by atoms with van der Waals surface area (Å²) in [5.41, 5.74) is 8.47. The monoisotopic (exact) mass is 312 g/mol. The van der Waals surface area contributed by atoms with E-state index in [1.807, 2.05) is 0 Å². The lowest BCUT2D eigenvalue weighted by Crippen LogP contribution is -2.34. The molecule has 1 aromatic rings. The molecule has 0 aliphatic carbocycles. The zero-order valence-electron chi connectivity index (χ0n) is 13.4. The van der Waals surface area contributed by atoms with E-state index in [-0.39, 0.29) is 11.6 Å². The molecule has 5 nitrogen and oxygen atoms in total. The van der Waals surface area contributed by atoms with Gasteiger partial charge in [0.05, 0.1) is 0 Å². The molecule has 0 fully saturated rings. The topological polar surface area (TPSA) is 70.7 Å². The van der Waals surface area contributed by atoms with Gasteiger partial charge in [-0.1, -0.05) is 36.9 Å². The molecule has 0 spiro atoms. The molecular weight excluding hydrogens is 288 g/mol. The first kappa shape index (κ1) is 17.0. The molecule has 23 heavy (non-hydrogen) atoms. The number of nitrogens with zero attached hydrogens (tertiary/aromatic N) is 2. The van der Waals surface area contributed by atoms with Crippen molar-refractivity contribution in [3.63, 3.8) is 0 Å². The van der Waals surface area contributed by atoms with E-state index in [1.54, 1.807) is 0 Å². The Morgan fingerprint density at radius 3 is 2.91 bits per heavy atom. The van der Waals surface area contributed by atoms with Crippen LogP contribution in [-0.2, 0) is 17.8 Å². The number of amides is 1. The van der Waals surface area contributed by atoms with Gasteiger partial charge in [-0.3, -0.25) is 9.69 Å². The highest BCUT2D eigenvalue weighted by atomic mass is 16.2. The van der Waals surface area contributed by atoms with Crippen molar-refractivity contribution in [1.29, 1.82) is 0 Å². The second-order valence-electron chi connectivity index (χ2n) is 5.47. The van der Waals surface area contributed by atoms with Crippen molar-refractivity contribution in [2.24, 2.45) is 10.7 Å². The molecule has 0 atom stereocenters. The average molecular weight is 312 g/mol. The number of allylic oxidation sites excluding steroid dienone is 1. The smallest absolute Gasteiger partial charge is 0.271 e. The van der Waals surface area contributed by atoms with Gasteiger partial charge < -0.3 is 11.1 Å². The first-order valence-corrected chi connectivity index (χ1v) is 7.89. The Morgan fingerprint density at radius 1 is 1.39 bits per heavy atom. The Kier molecular flexibility index (Phi) is 6.56. The van der Waals surface area contributed by atoms with Crippen LogP contribution >= 0.6 is 0 Å². The van der Waals surface area contributed by atoms with Gasteiger partial charge in [-0.15, -0.1) is 0 Å². The molecule has 0 saturated carbocycles. The van der Waals surface area contributed by atoms with Gasteiger partial charge in [0.15, 0.2) is 0 Å². The van der Waals surface area contributed by atoms with E-state index >= 15 is 0 Å². The van der Waals surface area contributed by atoms with E-state index < -0.39 is 0 Å². The summed E-state index contributed by atoms with van der Waals surface area (Å²) in [6, 6.07) is 8.59. The van der Waals surface area contributed by atoms with Crippen LogP contribution in [0.3, 0.4) is 0 Å². The molecule has 1 heterocycles. The maximum Gasteiger partial charge on any atom is 0.271 e. The Balaban J connectivity index is 1.71. The highest BCUT2D eigenvalue weighted by molar-refractivity contribution is 5.94. The minimum absolute atomic E-state index is 0.205. The van der Waals surface area contributed by atoms with E-state index in [9.17, 15) is 4.79 Å². The van der Waals surface area contributed by atoms with Crippen LogP contribution in [0.4, 0.5) is 0 Å². The summed E-state index contributed by atoms with van der Waals surface area (Å²) in [6.45, 7) is 7.15. The van der Waals surface area contributed by atoms with Crippen LogP contribution in [0.2, 0.25) is 0 Å². The zero-order valence-corrected chi connectivity index (χ0v) is 13.4. The fourth-order valence-electron chi connectivity index (χ4n) is 2.65. The van der Waals surface area contributed by atoms with Crippen molar-refractivity contribution < 1.29 is 4.79 Å². The van der Waals surface area contributed by atoms with Gasteiger partial charge in [0, 0.05) is 38.6 Å². The van der Waals surface area contributed by atoms with E-state index in [4.69, 9.17) is 5.73 Å². The molecule has 0 radical (unpaired) electrons. The predicted octanol–water partition coefficient (Wildman–Crippen LogP) is 1.61. The minimum Gasteiger partial charge on any atom is -0.403 e. The molecule has 1 aliphatic rings. The minimum atomic E-state index is -0.255. The summed E-state index contributed by atoms with van der Waals surface area (Å²) in [6.07, 6.45) is 6.15. The normalized spacial score (nSPS) is 15.4. The number of benzene rings is 1. The number of fused-ring (bicyclic) bond motifs is 1. The number of carbonyl (C=O) groups excluding carboxylic acids is 1. The molecule has 0 bridgehead atoms. The molecule has 0 unspecified atom stereocenters. The number of hydrogen-bond donors (Lipinski definition) is 2. The Labute approximate surface area is 137 Å². The van der Waals surface area contributed by atoms with Crippen molar-refractivity contribution in [3.8, 4) is 0 Å². The lowest BCUT2D eigenvalue weighted by atomic mass is 10.00. The summed E-state index contributed by atoms with van der Waals surface area (Å²) in [7, 11) is 0. The fraction of sp³-hybridized carbons (Fsp3) is 0.333. The molecule has 122 valence electrons. The molecular formula is C18H24N4O. The zero-order chi connectivity index (χ0) is 16.5. The number of carbonyl (C=O) groups is 1. The van der Waals surface area contributed by atoms with E-state index in [2.05, 4.69) is 46.1 Å². The number of hydrogen-bond acceptors (Lipinski definition) is 4. The van der Waals surface area contributed by atoms with Gasteiger partial charge in [0.25, 0.3) is 5.91 Å². The van der Waals surface area contributed by atoms with Crippen molar-refractivity contribution >= 4 is 12.1 Å². The summed E-state index contributed by atoms with van der Waals surface area (Å²) in [5.74, 6) is -0.255. The van der Waals surface area contributed by atoms with Crippen molar-refractivity contribution in [2.45, 2.75) is 19.4 Å². The van der Waals surface area contributed by atoms with E-state index in [0.717, 1.165) is 32.5 Å². The van der Waals surface area contributed by atoms with Crippen LogP contribution < -0.4 is 11.1 Å². The van der Waals surface area contributed by atoms with Crippen LogP contribution in [0, 0.1) is 0 Å². The highest BCUT2D eigenvalue weighted by Crippen LogP contribution is 2.18. The molecule has 5 heteroatoms. The average Bonchev–Trinajstić information content (AvgIpc) is 2.59. The fourth-order valence-corrected chi connectivity index (χ4v) is 2.65. The highest BCUT2D eigenvalue weighted by Gasteiger charge is 2.15. The maximum atomic E-state index is 11.9. The van der Waals surface area contributed by atoms with Crippen molar-refractivity contribution in [2.75, 3.05) is 19.6 Å². The summed E-state index contributed by atoms with van der Waals surface area (Å²) in [5, 5.41) is 2.84. The standard InChI is InChI=1S/C18H24N4O/c1-2-9-20-17(13-19)18(23)21-10-5-11-22-12-8-15-6-3-4-7-16(15)14-22/h2-4,6-7,9,13H,1,5,8,10-12,14,19H2,(H,21,23)/b17-13-,20-9?. The third-order valence-corrected chi connectivity index (χ3v) is 3.86. The van der Waals surface area contributed by atoms with Gasteiger partial charge in [-0.2, -0.15) is 0 Å². The quantitative estimate of drug-likeness (QED) is 0.456. The number of rotatable bonds is 7. The number of nitrogens with two attached hydrogens (primary N) is 1. The van der Waals surface area contributed by atoms with Gasteiger partial charge in [-0.25, -0.2) is 4.99 Å². The van der Waals surface area contributed by atoms with Crippen LogP contribution in [-0.4, -0.2) is 36.7 Å². The summed E-state index contributed by atoms with van der Waals surface area (Å²) >= 11 is 0. The molecule has 1 aromatic carbocycles. The van der Waals surface area contributed by atoms with Crippen LogP contribution in [0.1, 0.15) is 17.5 Å². The first-order valence-electron chi connectivity index (χ1n) is 7.89. The van der Waals surface area contributed by atoms with Crippen molar-refractivity contribution in [3.05, 3.63) is 59.9 Å². The number of nitrogens with one attached hydrogen (secondary N) is 1. The third-order valence-electron chi connectivity index (χ3n) is 3.86. The molecule has 0 aromatic heterocycles. The molecule has 2 rings (SSSR count). The van der Waals surface area contributed by atoms with Crippen LogP contribution in [0.5, 0.6) is 0 Å². The first-order chi connectivity index (χ1) is 11.2. The van der Waals surface area contributed by atoms with Gasteiger partial charge >= 0.3 is 0 Å². The maximum absolute atomic E-state index is 11.9. The second kappa shape index (κ2) is 8.90. The third kappa shape index (κ3) is 5.07. The largest absolute Gasteiger partial charge is 0.403 e. The van der Waals surface area contributed by atoms with E-state index in [1.165, 1.54) is 29.6 Å². The van der Waals surface area contributed by atoms with Crippen LogP contribution in [0.15, 0.2) is 53.8 Å². The summed E-state index contributed by atoms with van der Waals surface area (Å²) in [4.78, 5) is 18.2.